The van der Waals surface area contributed by atoms with Gasteiger partial charge in [-0.3, -0.25) is 0 Å². The molecule has 2 aromatic rings. The number of aromatic nitrogens is 3. The van der Waals surface area contributed by atoms with E-state index in [9.17, 15) is 0 Å². The van der Waals surface area contributed by atoms with Gasteiger partial charge < -0.3 is 5.32 Å². The molecule has 3 rings (SSSR count). The van der Waals surface area contributed by atoms with Gasteiger partial charge in [0.2, 0.25) is 0 Å². The van der Waals surface area contributed by atoms with Crippen LogP contribution in [0.3, 0.4) is 0 Å². The van der Waals surface area contributed by atoms with Crippen LogP contribution in [0.4, 0.5) is 0 Å². The summed E-state index contributed by atoms with van der Waals surface area (Å²) in [5.74, 6) is 0. The van der Waals surface area contributed by atoms with Gasteiger partial charge >= 0.3 is 0 Å². The van der Waals surface area contributed by atoms with Crippen LogP contribution in [-0.4, -0.2) is 21.5 Å². The van der Waals surface area contributed by atoms with Crippen molar-refractivity contribution >= 4 is 0 Å². The van der Waals surface area contributed by atoms with E-state index < -0.39 is 0 Å². The largest absolute Gasteiger partial charge is 0.310 e. The maximum atomic E-state index is 4.04. The lowest BCUT2D eigenvalue weighted by Crippen LogP contribution is -2.19. The minimum atomic E-state index is 0.510. The third kappa shape index (κ3) is 2.16. The molecule has 0 radical (unpaired) electrons. The average Bonchev–Trinajstić information content (AvgIpc) is 3.02. The Labute approximate surface area is 113 Å². The third-order valence-electron chi connectivity index (χ3n) is 3.90. The normalized spacial score (nSPS) is 17.7. The highest BCUT2D eigenvalue weighted by molar-refractivity contribution is 5.66. The summed E-state index contributed by atoms with van der Waals surface area (Å²) >= 11 is 0. The molecule has 0 bridgehead atoms. The molecule has 1 aromatic carbocycles. The van der Waals surface area contributed by atoms with Crippen molar-refractivity contribution in [2.75, 3.05) is 6.54 Å². The standard InChI is InChI=1S/C15H20N4/c1-3-9-16-14-8-7-11-12(14)5-4-6-13(11)15-10-17-18-19(15)2/h4-6,10,14,16H,3,7-9H2,1-2H3. The van der Waals surface area contributed by atoms with Gasteiger partial charge in [0, 0.05) is 18.7 Å². The molecule has 1 heterocycles. The van der Waals surface area contributed by atoms with E-state index in [4.69, 9.17) is 0 Å². The van der Waals surface area contributed by atoms with Gasteiger partial charge in [0.05, 0.1) is 11.9 Å². The maximum absolute atomic E-state index is 4.04. The van der Waals surface area contributed by atoms with Gasteiger partial charge in [0.1, 0.15) is 0 Å². The van der Waals surface area contributed by atoms with Crippen molar-refractivity contribution in [2.24, 2.45) is 7.05 Å². The number of rotatable bonds is 4. The van der Waals surface area contributed by atoms with Gasteiger partial charge in [-0.05, 0) is 36.9 Å². The lowest BCUT2D eigenvalue weighted by molar-refractivity contribution is 0.529. The SMILES string of the molecule is CCCNC1CCc2c(-c3cnnn3C)cccc21. The number of benzene rings is 1. The van der Waals surface area contributed by atoms with E-state index in [1.807, 2.05) is 17.9 Å². The van der Waals surface area contributed by atoms with Crippen molar-refractivity contribution < 1.29 is 0 Å². The first kappa shape index (κ1) is 12.4. The van der Waals surface area contributed by atoms with Gasteiger partial charge in [0.15, 0.2) is 0 Å². The van der Waals surface area contributed by atoms with Crippen LogP contribution in [0.2, 0.25) is 0 Å². The molecule has 1 N–H and O–H groups in total. The smallest absolute Gasteiger partial charge is 0.0885 e. The Morgan fingerprint density at radius 2 is 2.32 bits per heavy atom. The van der Waals surface area contributed by atoms with Gasteiger partial charge in [0.25, 0.3) is 0 Å². The van der Waals surface area contributed by atoms with Crippen LogP contribution in [0.15, 0.2) is 24.4 Å². The van der Waals surface area contributed by atoms with Crippen molar-refractivity contribution in [3.05, 3.63) is 35.5 Å². The number of nitrogens with one attached hydrogen (secondary N) is 1. The summed E-state index contributed by atoms with van der Waals surface area (Å²) in [6.45, 7) is 3.29. The first-order valence-electron chi connectivity index (χ1n) is 7.01. The summed E-state index contributed by atoms with van der Waals surface area (Å²) in [7, 11) is 1.95. The molecule has 100 valence electrons. The Kier molecular flexibility index (Phi) is 3.34. The fourth-order valence-electron chi connectivity index (χ4n) is 2.96. The molecule has 0 saturated carbocycles. The number of nitrogens with zero attached hydrogens (tertiary/aromatic N) is 3. The first-order chi connectivity index (χ1) is 9.31. The first-order valence-corrected chi connectivity index (χ1v) is 7.01. The topological polar surface area (TPSA) is 42.7 Å². The van der Waals surface area contributed by atoms with Crippen molar-refractivity contribution in [1.29, 1.82) is 0 Å². The molecule has 1 unspecified atom stereocenters. The van der Waals surface area contributed by atoms with E-state index in [2.05, 4.69) is 40.8 Å². The van der Waals surface area contributed by atoms with Crippen LogP contribution in [0.1, 0.15) is 36.9 Å². The Morgan fingerprint density at radius 3 is 3.05 bits per heavy atom. The van der Waals surface area contributed by atoms with Gasteiger partial charge in [-0.25, -0.2) is 4.68 Å². The van der Waals surface area contributed by atoms with Gasteiger partial charge in [-0.15, -0.1) is 5.10 Å². The van der Waals surface area contributed by atoms with E-state index >= 15 is 0 Å². The Bertz CT molecular complexity index is 573. The molecule has 1 aliphatic carbocycles. The number of hydrogen-bond donors (Lipinski definition) is 1. The quantitative estimate of drug-likeness (QED) is 0.913. The highest BCUT2D eigenvalue weighted by Crippen LogP contribution is 2.37. The van der Waals surface area contributed by atoms with E-state index in [0.29, 0.717) is 6.04 Å². The average molecular weight is 256 g/mol. The molecule has 0 fully saturated rings. The van der Waals surface area contributed by atoms with Crippen LogP contribution in [0, 0.1) is 0 Å². The van der Waals surface area contributed by atoms with E-state index in [1.54, 1.807) is 0 Å². The zero-order valence-corrected chi connectivity index (χ0v) is 11.6. The minimum Gasteiger partial charge on any atom is -0.310 e. The van der Waals surface area contributed by atoms with E-state index in [0.717, 1.165) is 18.7 Å². The second-order valence-corrected chi connectivity index (χ2v) is 5.16. The predicted molar refractivity (Wildman–Crippen MR) is 75.8 cm³/mol. The second kappa shape index (κ2) is 5.13. The monoisotopic (exact) mass is 256 g/mol. The Balaban J connectivity index is 1.98. The number of hydrogen-bond acceptors (Lipinski definition) is 3. The maximum Gasteiger partial charge on any atom is 0.0885 e. The van der Waals surface area contributed by atoms with Crippen molar-refractivity contribution in [2.45, 2.75) is 32.2 Å². The fraction of sp³-hybridized carbons (Fsp3) is 0.467. The molecule has 0 saturated heterocycles. The lowest BCUT2D eigenvalue weighted by Gasteiger charge is -2.14. The number of fused-ring (bicyclic) bond motifs is 1. The van der Waals surface area contributed by atoms with Gasteiger partial charge in [-0.1, -0.05) is 30.3 Å². The molecule has 4 heteroatoms. The molecular formula is C15H20N4. The predicted octanol–water partition coefficient (Wildman–Crippen LogP) is 2.47. The van der Waals surface area contributed by atoms with Crippen molar-refractivity contribution in [3.63, 3.8) is 0 Å². The molecule has 1 atom stereocenters. The molecular weight excluding hydrogens is 236 g/mol. The lowest BCUT2D eigenvalue weighted by atomic mass is 10.00. The molecule has 1 aliphatic rings. The summed E-state index contributed by atoms with van der Waals surface area (Å²) in [6.07, 6.45) is 5.36. The van der Waals surface area contributed by atoms with E-state index in [1.165, 1.54) is 29.5 Å². The van der Waals surface area contributed by atoms with Crippen LogP contribution < -0.4 is 5.32 Å². The number of aryl methyl sites for hydroxylation is 1. The summed E-state index contributed by atoms with van der Waals surface area (Å²) in [6, 6.07) is 7.09. The zero-order valence-electron chi connectivity index (χ0n) is 11.6. The molecule has 0 spiro atoms. The van der Waals surface area contributed by atoms with Crippen LogP contribution in [0.5, 0.6) is 0 Å². The summed E-state index contributed by atoms with van der Waals surface area (Å²) < 4.78 is 1.85. The van der Waals surface area contributed by atoms with E-state index in [-0.39, 0.29) is 0 Å². The van der Waals surface area contributed by atoms with Crippen LogP contribution in [0.25, 0.3) is 11.3 Å². The second-order valence-electron chi connectivity index (χ2n) is 5.16. The summed E-state index contributed by atoms with van der Waals surface area (Å²) in [4.78, 5) is 0. The Hall–Kier alpha value is -1.68. The summed E-state index contributed by atoms with van der Waals surface area (Å²) in [5.41, 5.74) is 5.30. The zero-order chi connectivity index (χ0) is 13.2. The molecule has 1 aromatic heterocycles. The fourth-order valence-corrected chi connectivity index (χ4v) is 2.96. The molecule has 0 aliphatic heterocycles. The highest BCUT2D eigenvalue weighted by atomic mass is 15.4. The minimum absolute atomic E-state index is 0.510. The summed E-state index contributed by atoms with van der Waals surface area (Å²) in [5, 5.41) is 11.7. The molecule has 19 heavy (non-hydrogen) atoms. The molecule has 0 amide bonds. The van der Waals surface area contributed by atoms with Gasteiger partial charge in [-0.2, -0.15) is 0 Å². The van der Waals surface area contributed by atoms with Crippen LogP contribution in [-0.2, 0) is 13.5 Å². The third-order valence-corrected chi connectivity index (χ3v) is 3.90. The highest BCUT2D eigenvalue weighted by Gasteiger charge is 2.25. The Morgan fingerprint density at radius 1 is 1.42 bits per heavy atom. The van der Waals surface area contributed by atoms with Crippen LogP contribution >= 0.6 is 0 Å². The molecule has 4 nitrogen and oxygen atoms in total. The van der Waals surface area contributed by atoms with Crippen molar-refractivity contribution in [3.8, 4) is 11.3 Å². The van der Waals surface area contributed by atoms with Crippen molar-refractivity contribution in [1.82, 2.24) is 20.3 Å².